The zero-order valence-electron chi connectivity index (χ0n) is 16.0. The van der Waals surface area contributed by atoms with Gasteiger partial charge in [-0.15, -0.1) is 0 Å². The molecule has 0 fully saturated rings. The SMILES string of the molecule is O=C(C=Cc1ccccc1Cl)Nc1ccc(S(=O)(=O)N2CCc3ccccc32)cc1. The number of nitrogens with one attached hydrogen (secondary N) is 1. The lowest BCUT2D eigenvalue weighted by Gasteiger charge is -2.19. The molecule has 0 bridgehead atoms. The van der Waals surface area contributed by atoms with Gasteiger partial charge in [-0.05, 0) is 60.0 Å². The molecule has 30 heavy (non-hydrogen) atoms. The minimum Gasteiger partial charge on any atom is -0.323 e. The number of hydrogen-bond donors (Lipinski definition) is 1. The van der Waals surface area contributed by atoms with Gasteiger partial charge in [0.25, 0.3) is 10.0 Å². The van der Waals surface area contributed by atoms with Gasteiger partial charge in [-0.1, -0.05) is 48.0 Å². The Kier molecular flexibility index (Phi) is 5.61. The molecule has 1 N–H and O–H groups in total. The fraction of sp³-hybridized carbons (Fsp3) is 0.0870. The van der Waals surface area contributed by atoms with Crippen molar-refractivity contribution in [3.63, 3.8) is 0 Å². The van der Waals surface area contributed by atoms with Gasteiger partial charge in [0.1, 0.15) is 0 Å². The average molecular weight is 439 g/mol. The van der Waals surface area contributed by atoms with Crippen molar-refractivity contribution in [1.82, 2.24) is 0 Å². The number of benzene rings is 3. The number of anilines is 2. The third kappa shape index (κ3) is 4.10. The second kappa shape index (κ2) is 8.34. The molecule has 1 aliphatic rings. The van der Waals surface area contributed by atoms with E-state index in [1.807, 2.05) is 42.5 Å². The van der Waals surface area contributed by atoms with Crippen LogP contribution in [0.1, 0.15) is 11.1 Å². The summed E-state index contributed by atoms with van der Waals surface area (Å²) in [5, 5.41) is 3.27. The quantitative estimate of drug-likeness (QED) is 0.585. The maximum Gasteiger partial charge on any atom is 0.264 e. The number of nitrogens with zero attached hydrogens (tertiary/aromatic N) is 1. The summed E-state index contributed by atoms with van der Waals surface area (Å²) in [5.74, 6) is -0.334. The Balaban J connectivity index is 1.47. The van der Waals surface area contributed by atoms with E-state index in [9.17, 15) is 13.2 Å². The van der Waals surface area contributed by atoms with Crippen molar-refractivity contribution in [3.8, 4) is 0 Å². The van der Waals surface area contributed by atoms with E-state index in [-0.39, 0.29) is 10.8 Å². The van der Waals surface area contributed by atoms with Gasteiger partial charge >= 0.3 is 0 Å². The van der Waals surface area contributed by atoms with E-state index in [0.29, 0.717) is 23.7 Å². The van der Waals surface area contributed by atoms with E-state index in [2.05, 4.69) is 5.32 Å². The molecule has 4 rings (SSSR count). The van der Waals surface area contributed by atoms with Crippen molar-refractivity contribution < 1.29 is 13.2 Å². The Morgan fingerprint density at radius 1 is 0.967 bits per heavy atom. The third-order valence-electron chi connectivity index (χ3n) is 4.87. The minimum absolute atomic E-state index is 0.184. The maximum atomic E-state index is 13.0. The van der Waals surface area contributed by atoms with Crippen LogP contribution in [0.15, 0.2) is 83.8 Å². The van der Waals surface area contributed by atoms with Gasteiger partial charge in [0.05, 0.1) is 10.6 Å². The van der Waals surface area contributed by atoms with E-state index in [4.69, 9.17) is 11.6 Å². The topological polar surface area (TPSA) is 66.5 Å². The fourth-order valence-corrected chi connectivity index (χ4v) is 5.06. The predicted molar refractivity (Wildman–Crippen MR) is 120 cm³/mol. The van der Waals surface area contributed by atoms with Crippen LogP contribution in [0.3, 0.4) is 0 Å². The van der Waals surface area contributed by atoms with Crippen molar-refractivity contribution in [2.24, 2.45) is 0 Å². The first-order valence-electron chi connectivity index (χ1n) is 9.39. The van der Waals surface area contributed by atoms with Crippen LogP contribution in [-0.4, -0.2) is 20.9 Å². The van der Waals surface area contributed by atoms with Crippen molar-refractivity contribution in [1.29, 1.82) is 0 Å². The Hall–Kier alpha value is -3.09. The molecule has 1 heterocycles. The van der Waals surface area contributed by atoms with Crippen molar-refractivity contribution in [2.75, 3.05) is 16.2 Å². The smallest absolute Gasteiger partial charge is 0.264 e. The number of carbonyl (C=O) groups excluding carboxylic acids is 1. The molecular formula is C23H19ClN2O3S. The third-order valence-corrected chi connectivity index (χ3v) is 7.05. The van der Waals surface area contributed by atoms with E-state index in [0.717, 1.165) is 16.8 Å². The zero-order chi connectivity index (χ0) is 21.1. The highest BCUT2D eigenvalue weighted by molar-refractivity contribution is 7.92. The molecule has 152 valence electrons. The first-order valence-corrected chi connectivity index (χ1v) is 11.2. The van der Waals surface area contributed by atoms with Crippen LogP contribution in [0.5, 0.6) is 0 Å². The molecule has 0 aliphatic carbocycles. The highest BCUT2D eigenvalue weighted by Gasteiger charge is 2.30. The van der Waals surface area contributed by atoms with Crippen LogP contribution in [0.25, 0.3) is 6.08 Å². The Morgan fingerprint density at radius 2 is 1.67 bits per heavy atom. The van der Waals surface area contributed by atoms with Gasteiger partial charge in [-0.2, -0.15) is 0 Å². The van der Waals surface area contributed by atoms with Gasteiger partial charge in [0.15, 0.2) is 0 Å². The van der Waals surface area contributed by atoms with Crippen LogP contribution in [0.2, 0.25) is 5.02 Å². The number of amides is 1. The number of sulfonamides is 1. The van der Waals surface area contributed by atoms with Crippen molar-refractivity contribution in [2.45, 2.75) is 11.3 Å². The number of para-hydroxylation sites is 1. The van der Waals surface area contributed by atoms with E-state index < -0.39 is 10.0 Å². The van der Waals surface area contributed by atoms with Crippen molar-refractivity contribution >= 4 is 45.0 Å². The largest absolute Gasteiger partial charge is 0.323 e. The van der Waals surface area contributed by atoms with Crippen LogP contribution in [0.4, 0.5) is 11.4 Å². The summed E-state index contributed by atoms with van der Waals surface area (Å²) in [6.07, 6.45) is 3.70. The zero-order valence-corrected chi connectivity index (χ0v) is 17.5. The summed E-state index contributed by atoms with van der Waals surface area (Å²) in [5.41, 5.74) is 2.99. The lowest BCUT2D eigenvalue weighted by atomic mass is 10.2. The second-order valence-corrected chi connectivity index (χ2v) is 9.09. The van der Waals surface area contributed by atoms with E-state index in [1.165, 1.54) is 22.5 Å². The highest BCUT2D eigenvalue weighted by atomic mass is 35.5. The van der Waals surface area contributed by atoms with Gasteiger partial charge in [-0.3, -0.25) is 9.10 Å². The van der Waals surface area contributed by atoms with Gasteiger partial charge in [-0.25, -0.2) is 8.42 Å². The minimum atomic E-state index is -3.66. The van der Waals surface area contributed by atoms with E-state index in [1.54, 1.807) is 24.3 Å². The Bertz CT molecular complexity index is 1220. The molecule has 0 radical (unpaired) electrons. The molecule has 7 heteroatoms. The average Bonchev–Trinajstić information content (AvgIpc) is 3.19. The number of hydrogen-bond acceptors (Lipinski definition) is 3. The molecule has 1 aliphatic heterocycles. The highest BCUT2D eigenvalue weighted by Crippen LogP contribution is 2.32. The number of rotatable bonds is 5. The lowest BCUT2D eigenvalue weighted by Crippen LogP contribution is -2.29. The first-order chi connectivity index (χ1) is 14.4. The van der Waals surface area contributed by atoms with Gasteiger partial charge in [0.2, 0.25) is 5.91 Å². The molecule has 0 aromatic heterocycles. The second-order valence-electron chi connectivity index (χ2n) is 6.82. The van der Waals surface area contributed by atoms with Crippen LogP contribution in [0, 0.1) is 0 Å². The molecule has 0 atom stereocenters. The summed E-state index contributed by atoms with van der Waals surface area (Å²) in [7, 11) is -3.66. The molecule has 3 aromatic rings. The number of carbonyl (C=O) groups is 1. The summed E-state index contributed by atoms with van der Waals surface area (Å²) in [4.78, 5) is 12.3. The van der Waals surface area contributed by atoms with Gasteiger partial charge in [0, 0.05) is 23.3 Å². The molecule has 0 spiro atoms. The molecular weight excluding hydrogens is 420 g/mol. The Morgan fingerprint density at radius 3 is 2.43 bits per heavy atom. The molecule has 0 saturated carbocycles. The summed E-state index contributed by atoms with van der Waals surface area (Å²) < 4.78 is 27.5. The summed E-state index contributed by atoms with van der Waals surface area (Å²) in [6.45, 7) is 0.424. The van der Waals surface area contributed by atoms with Crippen molar-refractivity contribution in [3.05, 3.63) is 95.0 Å². The fourth-order valence-electron chi connectivity index (χ4n) is 3.35. The normalized spacial score (nSPS) is 13.4. The maximum absolute atomic E-state index is 13.0. The molecule has 1 amide bonds. The van der Waals surface area contributed by atoms with Crippen LogP contribution in [-0.2, 0) is 21.2 Å². The van der Waals surface area contributed by atoms with Gasteiger partial charge < -0.3 is 5.32 Å². The molecule has 0 unspecified atom stereocenters. The lowest BCUT2D eigenvalue weighted by molar-refractivity contribution is -0.111. The summed E-state index contributed by atoms with van der Waals surface area (Å²) >= 11 is 6.07. The van der Waals surface area contributed by atoms with E-state index >= 15 is 0 Å². The van der Waals surface area contributed by atoms with Crippen LogP contribution < -0.4 is 9.62 Å². The number of fused-ring (bicyclic) bond motifs is 1. The number of halogens is 1. The molecule has 3 aromatic carbocycles. The first kappa shape index (κ1) is 20.2. The standard InChI is InChI=1S/C23H19ClN2O3S/c24-21-7-3-1-5-17(21)9-14-23(27)25-19-10-12-20(13-11-19)30(28,29)26-16-15-18-6-2-4-8-22(18)26/h1-14H,15-16H2,(H,25,27). The predicted octanol–water partition coefficient (Wildman–Crippen LogP) is 4.74. The molecule has 0 saturated heterocycles. The molecule has 5 nitrogen and oxygen atoms in total. The Labute approximate surface area is 180 Å². The van der Waals surface area contributed by atoms with Crippen LogP contribution >= 0.6 is 11.6 Å². The monoisotopic (exact) mass is 438 g/mol. The summed E-state index contributed by atoms with van der Waals surface area (Å²) in [6, 6.07) is 20.9.